The minimum Gasteiger partial charge on any atom is -0.353 e. The molecule has 3 nitrogen and oxygen atoms in total. The molecule has 0 aliphatic carbocycles. The summed E-state index contributed by atoms with van der Waals surface area (Å²) in [5, 5.41) is 2.98. The third-order valence-electron chi connectivity index (χ3n) is 2.90. The molecule has 0 radical (unpaired) electrons. The van der Waals surface area contributed by atoms with Gasteiger partial charge in [-0.25, -0.2) is 0 Å². The maximum Gasteiger partial charge on any atom is 0.224 e. The van der Waals surface area contributed by atoms with Crippen LogP contribution in [0.3, 0.4) is 0 Å². The van der Waals surface area contributed by atoms with Crippen molar-refractivity contribution in [3.05, 3.63) is 35.9 Å². The smallest absolute Gasteiger partial charge is 0.224 e. The van der Waals surface area contributed by atoms with E-state index in [2.05, 4.69) is 17.4 Å². The monoisotopic (exact) mass is 270 g/mol. The van der Waals surface area contributed by atoms with Crippen molar-refractivity contribution in [1.82, 2.24) is 5.32 Å². The molecule has 2 unspecified atom stereocenters. The summed E-state index contributed by atoms with van der Waals surface area (Å²) in [5.41, 5.74) is 6.76. The highest BCUT2D eigenvalue weighted by Crippen LogP contribution is 2.05. The SMILES string of the molecule is CC(CCc1ccccc1)NC(=O)C(C)CN.Cl. The number of amides is 1. The Morgan fingerprint density at radius 3 is 2.44 bits per heavy atom. The molecule has 3 N–H and O–H groups in total. The van der Waals surface area contributed by atoms with Gasteiger partial charge in [0.1, 0.15) is 0 Å². The molecule has 0 spiro atoms. The van der Waals surface area contributed by atoms with E-state index in [1.165, 1.54) is 5.56 Å². The summed E-state index contributed by atoms with van der Waals surface area (Å²) in [6.07, 6.45) is 1.94. The number of benzene rings is 1. The van der Waals surface area contributed by atoms with Crippen molar-refractivity contribution in [3.63, 3.8) is 0 Å². The maximum atomic E-state index is 11.6. The van der Waals surface area contributed by atoms with Gasteiger partial charge in [-0.3, -0.25) is 4.79 Å². The average molecular weight is 271 g/mol. The summed E-state index contributed by atoms with van der Waals surface area (Å²) in [6.45, 7) is 4.28. The van der Waals surface area contributed by atoms with Crippen LogP contribution in [0.2, 0.25) is 0 Å². The second kappa shape index (κ2) is 8.95. The van der Waals surface area contributed by atoms with Crippen LogP contribution in [0, 0.1) is 5.92 Å². The lowest BCUT2D eigenvalue weighted by molar-refractivity contribution is -0.124. The van der Waals surface area contributed by atoms with Crippen molar-refractivity contribution in [3.8, 4) is 0 Å². The Morgan fingerprint density at radius 2 is 1.89 bits per heavy atom. The zero-order valence-corrected chi connectivity index (χ0v) is 11.9. The molecule has 0 saturated carbocycles. The summed E-state index contributed by atoms with van der Waals surface area (Å²) in [6, 6.07) is 10.5. The second-order valence-electron chi connectivity index (χ2n) is 4.57. The van der Waals surface area contributed by atoms with E-state index in [0.29, 0.717) is 6.54 Å². The van der Waals surface area contributed by atoms with Crippen LogP contribution in [0.4, 0.5) is 0 Å². The molecule has 0 aromatic heterocycles. The van der Waals surface area contributed by atoms with Crippen LogP contribution in [0.15, 0.2) is 30.3 Å². The predicted molar refractivity (Wildman–Crippen MR) is 77.8 cm³/mol. The standard InChI is InChI=1S/C14H22N2O.ClH/c1-11(10-15)14(17)16-12(2)8-9-13-6-4-3-5-7-13;/h3-7,11-12H,8-10,15H2,1-2H3,(H,16,17);1H. The summed E-state index contributed by atoms with van der Waals surface area (Å²) < 4.78 is 0. The number of hydrogen-bond acceptors (Lipinski definition) is 2. The molecule has 1 aromatic rings. The Labute approximate surface area is 116 Å². The van der Waals surface area contributed by atoms with Gasteiger partial charge < -0.3 is 11.1 Å². The van der Waals surface area contributed by atoms with Gasteiger partial charge in [-0.05, 0) is 25.3 Å². The molecule has 4 heteroatoms. The number of aryl methyl sites for hydroxylation is 1. The Morgan fingerprint density at radius 1 is 1.28 bits per heavy atom. The molecule has 102 valence electrons. The van der Waals surface area contributed by atoms with E-state index in [1.54, 1.807) is 0 Å². The average Bonchev–Trinajstić information content (AvgIpc) is 2.36. The zero-order chi connectivity index (χ0) is 12.7. The van der Waals surface area contributed by atoms with E-state index in [9.17, 15) is 4.79 Å². The fourth-order valence-electron chi connectivity index (χ4n) is 1.59. The number of halogens is 1. The molecule has 0 aliphatic heterocycles. The van der Waals surface area contributed by atoms with Gasteiger partial charge in [0.2, 0.25) is 5.91 Å². The Bertz CT molecular complexity index is 343. The normalized spacial score (nSPS) is 13.3. The van der Waals surface area contributed by atoms with Crippen molar-refractivity contribution in [2.24, 2.45) is 11.7 Å². The molecular weight excluding hydrogens is 248 g/mol. The first-order valence-corrected chi connectivity index (χ1v) is 6.18. The van der Waals surface area contributed by atoms with Crippen LogP contribution < -0.4 is 11.1 Å². The van der Waals surface area contributed by atoms with Gasteiger partial charge in [-0.15, -0.1) is 12.4 Å². The summed E-state index contributed by atoms with van der Waals surface area (Å²) in [5.74, 6) is -0.0535. The first-order chi connectivity index (χ1) is 8.13. The fraction of sp³-hybridized carbons (Fsp3) is 0.500. The molecule has 2 atom stereocenters. The summed E-state index contributed by atoms with van der Waals surface area (Å²) in [4.78, 5) is 11.6. The van der Waals surface area contributed by atoms with Crippen LogP contribution in [0.1, 0.15) is 25.8 Å². The molecule has 0 bridgehead atoms. The Hall–Kier alpha value is -1.06. The first kappa shape index (κ1) is 16.9. The van der Waals surface area contributed by atoms with E-state index in [-0.39, 0.29) is 30.3 Å². The van der Waals surface area contributed by atoms with Crippen LogP contribution in [0.5, 0.6) is 0 Å². The van der Waals surface area contributed by atoms with E-state index in [0.717, 1.165) is 12.8 Å². The third-order valence-corrected chi connectivity index (χ3v) is 2.90. The number of nitrogens with one attached hydrogen (secondary N) is 1. The van der Waals surface area contributed by atoms with Gasteiger partial charge in [0.05, 0.1) is 0 Å². The predicted octanol–water partition coefficient (Wildman–Crippen LogP) is 2.14. The zero-order valence-electron chi connectivity index (χ0n) is 11.1. The van der Waals surface area contributed by atoms with Crippen LogP contribution >= 0.6 is 12.4 Å². The summed E-state index contributed by atoms with van der Waals surface area (Å²) >= 11 is 0. The molecule has 18 heavy (non-hydrogen) atoms. The molecule has 1 rings (SSSR count). The highest BCUT2D eigenvalue weighted by Gasteiger charge is 2.13. The highest BCUT2D eigenvalue weighted by atomic mass is 35.5. The van der Waals surface area contributed by atoms with E-state index < -0.39 is 0 Å². The maximum absolute atomic E-state index is 11.6. The number of nitrogens with two attached hydrogens (primary N) is 1. The molecule has 0 fully saturated rings. The Balaban J connectivity index is 0.00000289. The van der Waals surface area contributed by atoms with Crippen LogP contribution in [-0.2, 0) is 11.2 Å². The lowest BCUT2D eigenvalue weighted by atomic mass is 10.1. The van der Waals surface area contributed by atoms with Crippen molar-refractivity contribution in [1.29, 1.82) is 0 Å². The minimum absolute atomic E-state index is 0. The van der Waals surface area contributed by atoms with Crippen molar-refractivity contribution < 1.29 is 4.79 Å². The lowest BCUT2D eigenvalue weighted by Gasteiger charge is -2.16. The Kier molecular flexibility index (Phi) is 8.42. The van der Waals surface area contributed by atoms with Gasteiger partial charge in [0.25, 0.3) is 0 Å². The van der Waals surface area contributed by atoms with Gasteiger partial charge >= 0.3 is 0 Å². The van der Waals surface area contributed by atoms with Gasteiger partial charge in [-0.1, -0.05) is 37.3 Å². The number of hydrogen-bond donors (Lipinski definition) is 2. The van der Waals surface area contributed by atoms with Crippen molar-refractivity contribution in [2.75, 3.05) is 6.54 Å². The van der Waals surface area contributed by atoms with Crippen molar-refractivity contribution in [2.45, 2.75) is 32.7 Å². The van der Waals surface area contributed by atoms with E-state index in [1.807, 2.05) is 32.0 Å². The van der Waals surface area contributed by atoms with Gasteiger partial charge in [0, 0.05) is 18.5 Å². The molecule has 0 heterocycles. The third kappa shape index (κ3) is 6.03. The minimum atomic E-state index is -0.103. The fourth-order valence-corrected chi connectivity index (χ4v) is 1.59. The number of carbonyl (C=O) groups is 1. The number of carbonyl (C=O) groups excluding carboxylic acids is 1. The van der Waals surface area contributed by atoms with Crippen LogP contribution in [0.25, 0.3) is 0 Å². The quantitative estimate of drug-likeness (QED) is 0.832. The van der Waals surface area contributed by atoms with Crippen molar-refractivity contribution >= 4 is 18.3 Å². The molecule has 0 aliphatic rings. The molecule has 0 saturated heterocycles. The summed E-state index contributed by atoms with van der Waals surface area (Å²) in [7, 11) is 0. The highest BCUT2D eigenvalue weighted by molar-refractivity contribution is 5.85. The topological polar surface area (TPSA) is 55.1 Å². The second-order valence-corrected chi connectivity index (χ2v) is 4.57. The number of rotatable bonds is 6. The molecule has 1 amide bonds. The van der Waals surface area contributed by atoms with Crippen LogP contribution in [-0.4, -0.2) is 18.5 Å². The molecular formula is C14H23ClN2O. The molecule has 1 aromatic carbocycles. The first-order valence-electron chi connectivity index (χ1n) is 6.18. The van der Waals surface area contributed by atoms with E-state index in [4.69, 9.17) is 5.73 Å². The van der Waals surface area contributed by atoms with E-state index >= 15 is 0 Å². The van der Waals surface area contributed by atoms with Gasteiger partial charge in [0.15, 0.2) is 0 Å². The largest absolute Gasteiger partial charge is 0.353 e. The van der Waals surface area contributed by atoms with Gasteiger partial charge in [-0.2, -0.15) is 0 Å². The lowest BCUT2D eigenvalue weighted by Crippen LogP contribution is -2.39.